The van der Waals surface area contributed by atoms with Crippen LogP contribution in [0.25, 0.3) is 15.0 Å². The Morgan fingerprint density at radius 2 is 1.72 bits per heavy atom. The average molecular weight is 274 g/mol. The van der Waals surface area contributed by atoms with Crippen LogP contribution in [0.3, 0.4) is 0 Å². The van der Waals surface area contributed by atoms with Gasteiger partial charge in [0.25, 0.3) is 5.56 Å². The lowest BCUT2D eigenvalue weighted by molar-refractivity contribution is 0.418. The molecule has 3 nitrogen and oxygen atoms in total. The molecule has 0 atom stereocenters. The van der Waals surface area contributed by atoms with Crippen LogP contribution in [-0.2, 0) is 0 Å². The predicted molar refractivity (Wildman–Crippen MR) is 56.7 cm³/mol. The minimum atomic E-state index is -2.00. The molecule has 0 radical (unpaired) electrons. The summed E-state index contributed by atoms with van der Waals surface area (Å²) in [5.41, 5.74) is -0.980. The number of benzene rings is 1. The van der Waals surface area contributed by atoms with Crippen LogP contribution in [0.1, 0.15) is 0 Å². The van der Waals surface area contributed by atoms with E-state index in [1.54, 1.807) is 0 Å². The molecule has 0 bridgehead atoms. The van der Waals surface area contributed by atoms with E-state index in [1.165, 1.54) is 12.4 Å². The SMILES string of the molecule is O=c1c2c(F)c(F)c(F)c(F)c2sc2nccn12. The zero-order chi connectivity index (χ0) is 13.0. The van der Waals surface area contributed by atoms with E-state index in [-0.39, 0.29) is 4.96 Å². The topological polar surface area (TPSA) is 34.4 Å². The molecule has 0 saturated heterocycles. The molecule has 1 aromatic carbocycles. The van der Waals surface area contributed by atoms with Crippen molar-refractivity contribution in [1.82, 2.24) is 9.38 Å². The van der Waals surface area contributed by atoms with Gasteiger partial charge in [-0.3, -0.25) is 9.20 Å². The first-order valence-corrected chi connectivity index (χ1v) is 5.46. The van der Waals surface area contributed by atoms with Crippen molar-refractivity contribution in [3.05, 3.63) is 46.0 Å². The Morgan fingerprint density at radius 3 is 2.44 bits per heavy atom. The molecule has 0 spiro atoms. The number of hydrogen-bond donors (Lipinski definition) is 0. The summed E-state index contributed by atoms with van der Waals surface area (Å²) in [6, 6.07) is 0. The molecule has 0 aliphatic heterocycles. The van der Waals surface area contributed by atoms with E-state index in [4.69, 9.17) is 0 Å². The smallest absolute Gasteiger partial charge is 0.268 e. The highest BCUT2D eigenvalue weighted by atomic mass is 32.1. The molecule has 0 amide bonds. The van der Waals surface area contributed by atoms with E-state index in [0.29, 0.717) is 11.3 Å². The zero-order valence-corrected chi connectivity index (χ0v) is 9.19. The Kier molecular flexibility index (Phi) is 2.18. The quantitative estimate of drug-likeness (QED) is 0.358. The third-order valence-electron chi connectivity index (χ3n) is 2.46. The molecule has 92 valence electrons. The van der Waals surface area contributed by atoms with Crippen LogP contribution in [0.15, 0.2) is 17.2 Å². The first-order chi connectivity index (χ1) is 8.52. The van der Waals surface area contributed by atoms with Gasteiger partial charge in [0.05, 0.1) is 10.1 Å². The highest BCUT2D eigenvalue weighted by molar-refractivity contribution is 7.23. The lowest BCUT2D eigenvalue weighted by Crippen LogP contribution is -2.14. The summed E-state index contributed by atoms with van der Waals surface area (Å²) in [6.07, 6.45) is 2.47. The van der Waals surface area contributed by atoms with Crippen molar-refractivity contribution in [2.75, 3.05) is 0 Å². The number of nitrogens with zero attached hydrogens (tertiary/aromatic N) is 2. The molecule has 0 fully saturated rings. The summed E-state index contributed by atoms with van der Waals surface area (Å²) in [5, 5.41) is -0.818. The number of fused-ring (bicyclic) bond motifs is 2. The molecule has 0 aliphatic rings. The predicted octanol–water partition coefficient (Wildman–Crippen LogP) is 2.47. The van der Waals surface area contributed by atoms with Gasteiger partial charge in [-0.2, -0.15) is 0 Å². The lowest BCUT2D eigenvalue weighted by atomic mass is 10.2. The van der Waals surface area contributed by atoms with Crippen LogP contribution < -0.4 is 5.56 Å². The molecule has 2 aromatic heterocycles. The number of rotatable bonds is 0. The van der Waals surface area contributed by atoms with Crippen LogP contribution in [0, 0.1) is 23.3 Å². The Labute approximate surface area is 99.9 Å². The molecule has 8 heteroatoms. The highest BCUT2D eigenvalue weighted by Crippen LogP contribution is 2.28. The molecule has 2 heterocycles. The molecule has 0 N–H and O–H groups in total. The van der Waals surface area contributed by atoms with E-state index in [1.807, 2.05) is 0 Å². The maximum absolute atomic E-state index is 13.5. The van der Waals surface area contributed by atoms with Crippen molar-refractivity contribution in [1.29, 1.82) is 0 Å². The summed E-state index contributed by atoms with van der Waals surface area (Å²) >= 11 is 0.566. The molecule has 3 rings (SSSR count). The summed E-state index contributed by atoms with van der Waals surface area (Å²) in [6.45, 7) is 0. The van der Waals surface area contributed by atoms with Gasteiger partial charge >= 0.3 is 0 Å². The van der Waals surface area contributed by atoms with Crippen molar-refractivity contribution in [3.8, 4) is 0 Å². The van der Waals surface area contributed by atoms with Gasteiger partial charge in [0.15, 0.2) is 28.2 Å². The Morgan fingerprint density at radius 1 is 1.06 bits per heavy atom. The Balaban J connectivity index is 2.72. The maximum atomic E-state index is 13.5. The molecule has 0 unspecified atom stereocenters. The van der Waals surface area contributed by atoms with Crippen LogP contribution >= 0.6 is 11.3 Å². The summed E-state index contributed by atoms with van der Waals surface area (Å²) in [7, 11) is 0. The van der Waals surface area contributed by atoms with Crippen molar-refractivity contribution in [3.63, 3.8) is 0 Å². The minimum Gasteiger partial charge on any atom is -0.268 e. The largest absolute Gasteiger partial charge is 0.268 e. The average Bonchev–Trinajstić information content (AvgIpc) is 2.82. The first-order valence-electron chi connectivity index (χ1n) is 4.64. The second kappa shape index (κ2) is 3.52. The lowest BCUT2D eigenvalue weighted by Gasteiger charge is -2.03. The van der Waals surface area contributed by atoms with E-state index in [2.05, 4.69) is 4.98 Å². The fourth-order valence-corrected chi connectivity index (χ4v) is 2.63. The number of imidazole rings is 1. The highest BCUT2D eigenvalue weighted by Gasteiger charge is 2.24. The summed E-state index contributed by atoms with van der Waals surface area (Å²) < 4.78 is 53.5. The fourth-order valence-electron chi connectivity index (χ4n) is 1.63. The van der Waals surface area contributed by atoms with E-state index in [9.17, 15) is 22.4 Å². The van der Waals surface area contributed by atoms with E-state index in [0.717, 1.165) is 4.40 Å². The maximum Gasteiger partial charge on any atom is 0.268 e. The van der Waals surface area contributed by atoms with Crippen LogP contribution in [-0.4, -0.2) is 9.38 Å². The molecule has 18 heavy (non-hydrogen) atoms. The third-order valence-corrected chi connectivity index (χ3v) is 3.53. The van der Waals surface area contributed by atoms with Gasteiger partial charge in [-0.25, -0.2) is 22.5 Å². The molecule has 0 aliphatic carbocycles. The van der Waals surface area contributed by atoms with Crippen molar-refractivity contribution in [2.45, 2.75) is 0 Å². The minimum absolute atomic E-state index is 0.0665. The fraction of sp³-hybridized carbons (Fsp3) is 0. The van der Waals surface area contributed by atoms with Gasteiger partial charge in [0, 0.05) is 12.4 Å². The van der Waals surface area contributed by atoms with E-state index < -0.39 is 38.9 Å². The molecule has 0 saturated carbocycles. The van der Waals surface area contributed by atoms with Crippen LogP contribution in [0.2, 0.25) is 0 Å². The van der Waals surface area contributed by atoms with Crippen molar-refractivity contribution in [2.24, 2.45) is 0 Å². The molecule has 3 aromatic rings. The van der Waals surface area contributed by atoms with Crippen molar-refractivity contribution < 1.29 is 17.6 Å². The number of hydrogen-bond acceptors (Lipinski definition) is 3. The third kappa shape index (κ3) is 1.23. The van der Waals surface area contributed by atoms with Crippen LogP contribution in [0.5, 0.6) is 0 Å². The van der Waals surface area contributed by atoms with Gasteiger partial charge in [-0.15, -0.1) is 0 Å². The van der Waals surface area contributed by atoms with Crippen LogP contribution in [0.4, 0.5) is 17.6 Å². The normalized spacial score (nSPS) is 11.6. The first kappa shape index (κ1) is 11.1. The van der Waals surface area contributed by atoms with E-state index >= 15 is 0 Å². The summed E-state index contributed by atoms with van der Waals surface area (Å²) in [5.74, 6) is -7.22. The van der Waals surface area contributed by atoms with Gasteiger partial charge in [-0.1, -0.05) is 11.3 Å². The van der Waals surface area contributed by atoms with Gasteiger partial charge < -0.3 is 0 Å². The van der Waals surface area contributed by atoms with Gasteiger partial charge in [-0.05, 0) is 0 Å². The van der Waals surface area contributed by atoms with Gasteiger partial charge in [0.1, 0.15) is 0 Å². The Hall–Kier alpha value is -1.96. The number of aromatic nitrogens is 2. The zero-order valence-electron chi connectivity index (χ0n) is 8.38. The Bertz CT molecular complexity index is 855. The van der Waals surface area contributed by atoms with Gasteiger partial charge in [0.2, 0.25) is 0 Å². The standard InChI is InChI=1S/C10H2F4N2OS/c11-4-3-8(7(14)6(13)5(4)12)18-10-15-1-2-16(10)9(3)17/h1-2H. The summed E-state index contributed by atoms with van der Waals surface area (Å²) in [4.78, 5) is 15.6. The molecular weight excluding hydrogens is 272 g/mol. The second-order valence-electron chi connectivity index (χ2n) is 3.45. The molecular formula is C10H2F4N2OS. The second-order valence-corrected chi connectivity index (χ2v) is 4.42. The number of halogens is 4. The van der Waals surface area contributed by atoms with Crippen molar-refractivity contribution >= 4 is 26.4 Å². The monoisotopic (exact) mass is 274 g/mol.